The number of hydrogen-bond acceptors (Lipinski definition) is 4. The molecule has 2 aromatic rings. The highest BCUT2D eigenvalue weighted by Crippen LogP contribution is 2.25. The molecular formula is C13H12F2N2O3S. The molecule has 0 amide bonds. The standard InChI is InChI=1S/C13H12F2N2O3S/c1-20-10-4-2-3-9(7-10)17-21(18,19)13-11(14)5-8(16)6-12(13)15/h2-7,17H,16H2,1H3. The second-order valence-electron chi connectivity index (χ2n) is 4.15. The number of methoxy groups -OCH3 is 1. The van der Waals surface area contributed by atoms with Gasteiger partial charge >= 0.3 is 0 Å². The van der Waals surface area contributed by atoms with Crippen molar-refractivity contribution >= 4 is 21.4 Å². The van der Waals surface area contributed by atoms with E-state index in [0.29, 0.717) is 5.75 Å². The molecule has 2 aromatic carbocycles. The number of nitrogens with two attached hydrogens (primary N) is 1. The van der Waals surface area contributed by atoms with E-state index in [9.17, 15) is 17.2 Å². The van der Waals surface area contributed by atoms with Crippen LogP contribution in [-0.2, 0) is 10.0 Å². The van der Waals surface area contributed by atoms with Crippen LogP contribution in [-0.4, -0.2) is 15.5 Å². The molecule has 3 N–H and O–H groups in total. The van der Waals surface area contributed by atoms with Gasteiger partial charge in [-0.15, -0.1) is 0 Å². The van der Waals surface area contributed by atoms with E-state index in [-0.39, 0.29) is 11.4 Å². The molecular weight excluding hydrogens is 302 g/mol. The van der Waals surface area contributed by atoms with Gasteiger partial charge in [0.25, 0.3) is 10.0 Å². The fraction of sp³-hybridized carbons (Fsp3) is 0.0769. The largest absolute Gasteiger partial charge is 0.497 e. The predicted octanol–water partition coefficient (Wildman–Crippen LogP) is 2.36. The van der Waals surface area contributed by atoms with Gasteiger partial charge in [-0.05, 0) is 24.3 Å². The van der Waals surface area contributed by atoms with Gasteiger partial charge in [-0.2, -0.15) is 0 Å². The number of nitrogens with one attached hydrogen (secondary N) is 1. The Kier molecular flexibility index (Phi) is 3.99. The Morgan fingerprint density at radius 3 is 2.33 bits per heavy atom. The van der Waals surface area contributed by atoms with Crippen LogP contribution in [0.3, 0.4) is 0 Å². The number of sulfonamides is 1. The van der Waals surface area contributed by atoms with Crippen molar-refractivity contribution in [1.82, 2.24) is 0 Å². The molecule has 0 heterocycles. The zero-order chi connectivity index (χ0) is 15.6. The van der Waals surface area contributed by atoms with E-state index in [1.807, 2.05) is 0 Å². The Labute approximate surface area is 120 Å². The van der Waals surface area contributed by atoms with Crippen LogP contribution in [0.2, 0.25) is 0 Å². The zero-order valence-electron chi connectivity index (χ0n) is 10.9. The first-order valence-electron chi connectivity index (χ1n) is 5.75. The molecule has 0 radical (unpaired) electrons. The lowest BCUT2D eigenvalue weighted by Gasteiger charge is -2.11. The van der Waals surface area contributed by atoms with E-state index in [1.54, 1.807) is 6.07 Å². The van der Waals surface area contributed by atoms with Crippen molar-refractivity contribution in [3.8, 4) is 5.75 Å². The number of nitrogen functional groups attached to an aromatic ring is 1. The van der Waals surface area contributed by atoms with E-state index in [4.69, 9.17) is 10.5 Å². The minimum absolute atomic E-state index is 0.116. The van der Waals surface area contributed by atoms with Gasteiger partial charge in [0.15, 0.2) is 4.90 Å². The Morgan fingerprint density at radius 2 is 1.76 bits per heavy atom. The van der Waals surface area contributed by atoms with Crippen LogP contribution in [0.25, 0.3) is 0 Å². The van der Waals surface area contributed by atoms with Crippen LogP contribution in [0, 0.1) is 11.6 Å². The molecule has 112 valence electrons. The monoisotopic (exact) mass is 314 g/mol. The van der Waals surface area contributed by atoms with Gasteiger partial charge in [0.05, 0.1) is 12.8 Å². The Morgan fingerprint density at radius 1 is 1.14 bits per heavy atom. The van der Waals surface area contributed by atoms with E-state index < -0.39 is 26.6 Å². The number of ether oxygens (including phenoxy) is 1. The summed E-state index contributed by atoms with van der Waals surface area (Å²) in [6, 6.07) is 7.42. The number of hydrogen-bond donors (Lipinski definition) is 2. The molecule has 0 atom stereocenters. The first-order valence-corrected chi connectivity index (χ1v) is 7.23. The van der Waals surface area contributed by atoms with Crippen LogP contribution < -0.4 is 15.2 Å². The molecule has 0 aliphatic carbocycles. The van der Waals surface area contributed by atoms with Crippen molar-refractivity contribution < 1.29 is 21.9 Å². The molecule has 8 heteroatoms. The fourth-order valence-electron chi connectivity index (χ4n) is 1.73. The maximum atomic E-state index is 13.7. The molecule has 0 fully saturated rings. The first kappa shape index (κ1) is 15.0. The molecule has 0 saturated heterocycles. The van der Waals surface area contributed by atoms with E-state index >= 15 is 0 Å². The summed E-state index contributed by atoms with van der Waals surface area (Å²) in [5.74, 6) is -2.13. The topological polar surface area (TPSA) is 81.4 Å². The third-order valence-corrected chi connectivity index (χ3v) is 4.04. The summed E-state index contributed by atoms with van der Waals surface area (Å²) in [5.41, 5.74) is 5.16. The van der Waals surface area contributed by atoms with Crippen LogP contribution >= 0.6 is 0 Å². The molecule has 0 aromatic heterocycles. The summed E-state index contributed by atoms with van der Waals surface area (Å²) in [5, 5.41) is 0. The minimum Gasteiger partial charge on any atom is -0.497 e. The molecule has 0 unspecified atom stereocenters. The van der Waals surface area contributed by atoms with Gasteiger partial charge in [0.1, 0.15) is 17.4 Å². The van der Waals surface area contributed by atoms with Crippen molar-refractivity contribution in [3.05, 3.63) is 48.0 Å². The lowest BCUT2D eigenvalue weighted by Crippen LogP contribution is -2.16. The number of anilines is 2. The van der Waals surface area contributed by atoms with Crippen molar-refractivity contribution in [2.75, 3.05) is 17.6 Å². The summed E-state index contributed by atoms with van der Waals surface area (Å²) < 4.78 is 58.6. The Balaban J connectivity index is 2.43. The van der Waals surface area contributed by atoms with Crippen molar-refractivity contribution in [1.29, 1.82) is 0 Å². The SMILES string of the molecule is COc1cccc(NS(=O)(=O)c2c(F)cc(N)cc2F)c1. The van der Waals surface area contributed by atoms with Crippen molar-refractivity contribution in [2.24, 2.45) is 0 Å². The minimum atomic E-state index is -4.43. The maximum Gasteiger partial charge on any atom is 0.267 e. The molecule has 0 saturated carbocycles. The van der Waals surface area contributed by atoms with Crippen LogP contribution in [0.4, 0.5) is 20.2 Å². The summed E-state index contributed by atoms with van der Waals surface area (Å²) in [6.07, 6.45) is 0. The fourth-order valence-corrected chi connectivity index (χ4v) is 2.90. The second kappa shape index (κ2) is 5.57. The normalized spacial score (nSPS) is 11.2. The summed E-state index contributed by atoms with van der Waals surface area (Å²) >= 11 is 0. The first-order chi connectivity index (χ1) is 9.83. The van der Waals surface area contributed by atoms with E-state index in [2.05, 4.69) is 4.72 Å². The van der Waals surface area contributed by atoms with E-state index in [1.165, 1.54) is 25.3 Å². The van der Waals surface area contributed by atoms with Gasteiger partial charge in [-0.3, -0.25) is 4.72 Å². The summed E-state index contributed by atoms with van der Waals surface area (Å²) in [4.78, 5) is -1.08. The summed E-state index contributed by atoms with van der Waals surface area (Å²) in [6.45, 7) is 0. The molecule has 21 heavy (non-hydrogen) atoms. The van der Waals surface area contributed by atoms with Gasteiger partial charge in [0.2, 0.25) is 0 Å². The van der Waals surface area contributed by atoms with Gasteiger partial charge in [0, 0.05) is 11.8 Å². The number of rotatable bonds is 4. The highest BCUT2D eigenvalue weighted by molar-refractivity contribution is 7.92. The van der Waals surface area contributed by atoms with Crippen molar-refractivity contribution in [3.63, 3.8) is 0 Å². The highest BCUT2D eigenvalue weighted by Gasteiger charge is 2.24. The average Bonchev–Trinajstić information content (AvgIpc) is 2.36. The third-order valence-electron chi connectivity index (χ3n) is 2.61. The second-order valence-corrected chi connectivity index (χ2v) is 5.77. The van der Waals surface area contributed by atoms with E-state index in [0.717, 1.165) is 12.1 Å². The predicted molar refractivity (Wildman–Crippen MR) is 74.6 cm³/mol. The molecule has 0 aliphatic rings. The quantitative estimate of drug-likeness (QED) is 0.849. The van der Waals surface area contributed by atoms with Gasteiger partial charge in [-0.1, -0.05) is 6.07 Å². The molecule has 5 nitrogen and oxygen atoms in total. The van der Waals surface area contributed by atoms with Gasteiger partial charge in [-0.25, -0.2) is 17.2 Å². The lowest BCUT2D eigenvalue weighted by molar-refractivity contribution is 0.415. The summed E-state index contributed by atoms with van der Waals surface area (Å²) in [7, 11) is -3.02. The molecule has 2 rings (SSSR count). The third kappa shape index (κ3) is 3.22. The molecule has 0 aliphatic heterocycles. The molecule has 0 spiro atoms. The zero-order valence-corrected chi connectivity index (χ0v) is 11.7. The smallest absolute Gasteiger partial charge is 0.267 e. The number of halogens is 2. The highest BCUT2D eigenvalue weighted by atomic mass is 32.2. The van der Waals surface area contributed by atoms with Crippen LogP contribution in [0.5, 0.6) is 5.75 Å². The number of benzene rings is 2. The maximum absolute atomic E-state index is 13.7. The van der Waals surface area contributed by atoms with Crippen molar-refractivity contribution in [2.45, 2.75) is 4.90 Å². The average molecular weight is 314 g/mol. The Hall–Kier alpha value is -2.35. The Bertz CT molecular complexity index is 756. The van der Waals surface area contributed by atoms with Crippen LogP contribution in [0.15, 0.2) is 41.3 Å². The molecule has 0 bridgehead atoms. The van der Waals surface area contributed by atoms with Crippen LogP contribution in [0.1, 0.15) is 0 Å². The lowest BCUT2D eigenvalue weighted by atomic mass is 10.3. The van der Waals surface area contributed by atoms with Gasteiger partial charge < -0.3 is 10.5 Å².